The Labute approximate surface area is 152 Å². The van der Waals surface area contributed by atoms with Gasteiger partial charge < -0.3 is 9.32 Å². The van der Waals surface area contributed by atoms with Crippen molar-refractivity contribution in [3.05, 3.63) is 59.0 Å². The van der Waals surface area contributed by atoms with Crippen molar-refractivity contribution in [3.8, 4) is 0 Å². The summed E-state index contributed by atoms with van der Waals surface area (Å²) < 4.78 is 5.52. The van der Waals surface area contributed by atoms with Gasteiger partial charge in [-0.3, -0.25) is 19.3 Å². The van der Waals surface area contributed by atoms with Gasteiger partial charge in [0.15, 0.2) is 0 Å². The molecule has 3 amide bonds. The fraction of sp³-hybridized carbons (Fsp3) is 0.350. The highest BCUT2D eigenvalue weighted by Gasteiger charge is 2.44. The first-order chi connectivity index (χ1) is 12.3. The molecule has 1 aromatic carbocycles. The molecule has 2 heterocycles. The normalized spacial score (nSPS) is 14.7. The summed E-state index contributed by atoms with van der Waals surface area (Å²) in [7, 11) is 1.65. The largest absolute Gasteiger partial charge is 0.464 e. The van der Waals surface area contributed by atoms with Gasteiger partial charge in [0.2, 0.25) is 5.91 Å². The predicted molar refractivity (Wildman–Crippen MR) is 95.5 cm³/mol. The van der Waals surface area contributed by atoms with E-state index in [1.807, 2.05) is 32.9 Å². The number of carbonyl (C=O) groups is 3. The summed E-state index contributed by atoms with van der Waals surface area (Å²) in [5, 5.41) is 0. The van der Waals surface area contributed by atoms with Crippen LogP contribution in [0.4, 0.5) is 0 Å². The molecule has 0 N–H and O–H groups in total. The van der Waals surface area contributed by atoms with Crippen molar-refractivity contribution in [2.45, 2.75) is 33.4 Å². The van der Waals surface area contributed by atoms with Crippen LogP contribution in [0.25, 0.3) is 0 Å². The van der Waals surface area contributed by atoms with Crippen LogP contribution in [0.1, 0.15) is 46.1 Å². The highest BCUT2D eigenvalue weighted by atomic mass is 16.3. The number of fused-ring (bicyclic) bond motifs is 1. The van der Waals surface area contributed by atoms with Crippen LogP contribution in [-0.2, 0) is 11.3 Å². The van der Waals surface area contributed by atoms with Crippen LogP contribution in [0.3, 0.4) is 0 Å². The number of nitrogens with zero attached hydrogens (tertiary/aromatic N) is 2. The van der Waals surface area contributed by atoms with Crippen molar-refractivity contribution >= 4 is 17.7 Å². The molecule has 0 saturated heterocycles. The molecular formula is C20H22N2O4. The average molecular weight is 354 g/mol. The van der Waals surface area contributed by atoms with Gasteiger partial charge in [0.1, 0.15) is 17.6 Å². The zero-order valence-corrected chi connectivity index (χ0v) is 15.4. The Morgan fingerprint density at radius 1 is 1.08 bits per heavy atom. The Kier molecular flexibility index (Phi) is 4.68. The predicted octanol–water partition coefficient (Wildman–Crippen LogP) is 2.87. The molecule has 136 valence electrons. The van der Waals surface area contributed by atoms with Gasteiger partial charge in [0.25, 0.3) is 11.8 Å². The number of amides is 3. The summed E-state index contributed by atoms with van der Waals surface area (Å²) in [6.45, 7) is 5.77. The van der Waals surface area contributed by atoms with Gasteiger partial charge in [0.05, 0.1) is 17.7 Å². The van der Waals surface area contributed by atoms with Crippen LogP contribution in [0.2, 0.25) is 0 Å². The molecule has 0 fully saturated rings. The van der Waals surface area contributed by atoms with Gasteiger partial charge in [-0.15, -0.1) is 0 Å². The smallest absolute Gasteiger partial charge is 0.262 e. The van der Waals surface area contributed by atoms with Crippen LogP contribution in [0.15, 0.2) is 40.8 Å². The lowest BCUT2D eigenvalue weighted by Gasteiger charge is -2.31. The third-order valence-corrected chi connectivity index (χ3v) is 4.55. The van der Waals surface area contributed by atoms with E-state index >= 15 is 0 Å². The molecule has 26 heavy (non-hydrogen) atoms. The molecular weight excluding hydrogens is 332 g/mol. The van der Waals surface area contributed by atoms with E-state index in [1.54, 1.807) is 31.3 Å². The summed E-state index contributed by atoms with van der Waals surface area (Å²) >= 11 is 0. The molecule has 1 atom stereocenters. The van der Waals surface area contributed by atoms with Crippen molar-refractivity contribution in [2.75, 3.05) is 7.05 Å². The van der Waals surface area contributed by atoms with Gasteiger partial charge >= 0.3 is 0 Å². The highest BCUT2D eigenvalue weighted by molar-refractivity contribution is 6.22. The number of likely N-dealkylation sites (N-methyl/N-ethyl adjacent to an activating group) is 1. The minimum Gasteiger partial charge on any atom is -0.464 e. The van der Waals surface area contributed by atoms with Crippen LogP contribution >= 0.6 is 0 Å². The van der Waals surface area contributed by atoms with Crippen LogP contribution in [0.5, 0.6) is 0 Å². The zero-order chi connectivity index (χ0) is 19.0. The van der Waals surface area contributed by atoms with E-state index in [0.29, 0.717) is 16.9 Å². The number of aryl methyl sites for hydroxylation is 1. The van der Waals surface area contributed by atoms with E-state index in [4.69, 9.17) is 4.42 Å². The number of carbonyl (C=O) groups excluding carboxylic acids is 3. The molecule has 1 aromatic heterocycles. The summed E-state index contributed by atoms with van der Waals surface area (Å²) in [4.78, 5) is 41.2. The third-order valence-electron chi connectivity index (χ3n) is 4.55. The van der Waals surface area contributed by atoms with Crippen LogP contribution in [-0.4, -0.2) is 40.6 Å². The van der Waals surface area contributed by atoms with Crippen molar-refractivity contribution in [1.29, 1.82) is 0 Å². The van der Waals surface area contributed by atoms with Crippen molar-refractivity contribution in [2.24, 2.45) is 5.92 Å². The number of rotatable bonds is 5. The Balaban J connectivity index is 1.86. The van der Waals surface area contributed by atoms with Crippen molar-refractivity contribution in [1.82, 2.24) is 9.80 Å². The number of benzene rings is 1. The number of furan rings is 1. The Morgan fingerprint density at radius 2 is 1.65 bits per heavy atom. The third kappa shape index (κ3) is 3.03. The maximum Gasteiger partial charge on any atom is 0.262 e. The number of hydrogen-bond donors (Lipinski definition) is 0. The topological polar surface area (TPSA) is 70.8 Å². The zero-order valence-electron chi connectivity index (χ0n) is 15.4. The van der Waals surface area contributed by atoms with Gasteiger partial charge in [-0.2, -0.15) is 0 Å². The summed E-state index contributed by atoms with van der Waals surface area (Å²) in [6, 6.07) is 9.45. The highest BCUT2D eigenvalue weighted by Crippen LogP contribution is 2.28. The minimum atomic E-state index is -0.858. The minimum absolute atomic E-state index is 0.217. The molecule has 0 aliphatic carbocycles. The van der Waals surface area contributed by atoms with E-state index in [9.17, 15) is 14.4 Å². The van der Waals surface area contributed by atoms with Crippen LogP contribution in [0, 0.1) is 12.8 Å². The second-order valence-corrected chi connectivity index (χ2v) is 6.92. The SMILES string of the molecule is Cc1ccc(CN(C)C(=O)C(C(C)C)N2C(=O)c3ccccc3C2=O)o1. The van der Waals surface area contributed by atoms with Gasteiger partial charge in [-0.05, 0) is 37.1 Å². The number of hydrogen-bond acceptors (Lipinski definition) is 4. The second kappa shape index (κ2) is 6.78. The van der Waals surface area contributed by atoms with Crippen LogP contribution < -0.4 is 0 Å². The fourth-order valence-corrected chi connectivity index (χ4v) is 3.26. The first-order valence-electron chi connectivity index (χ1n) is 8.58. The van der Waals surface area contributed by atoms with E-state index in [0.717, 1.165) is 10.7 Å². The monoisotopic (exact) mass is 354 g/mol. The second-order valence-electron chi connectivity index (χ2n) is 6.92. The Morgan fingerprint density at radius 3 is 2.12 bits per heavy atom. The summed E-state index contributed by atoms with van der Waals surface area (Å²) in [6.07, 6.45) is 0. The Hall–Kier alpha value is -2.89. The molecule has 0 bridgehead atoms. The maximum atomic E-state index is 13.1. The molecule has 0 radical (unpaired) electrons. The molecule has 3 rings (SSSR count). The summed E-state index contributed by atoms with van der Waals surface area (Å²) in [5.41, 5.74) is 0.695. The van der Waals surface area contributed by atoms with Gasteiger partial charge in [0, 0.05) is 7.05 Å². The van der Waals surface area contributed by atoms with E-state index in [1.165, 1.54) is 4.90 Å². The van der Waals surface area contributed by atoms with Gasteiger partial charge in [-0.1, -0.05) is 26.0 Å². The van der Waals surface area contributed by atoms with Crippen molar-refractivity contribution < 1.29 is 18.8 Å². The quantitative estimate of drug-likeness (QED) is 0.774. The first kappa shape index (κ1) is 17.9. The Bertz CT molecular complexity index is 833. The summed E-state index contributed by atoms with van der Waals surface area (Å²) in [5.74, 6) is 0.0821. The lowest BCUT2D eigenvalue weighted by atomic mass is 10.0. The molecule has 0 saturated carbocycles. The maximum absolute atomic E-state index is 13.1. The lowest BCUT2D eigenvalue weighted by Crippen LogP contribution is -2.52. The van der Waals surface area contributed by atoms with E-state index in [-0.39, 0.29) is 18.4 Å². The molecule has 1 aliphatic heterocycles. The fourth-order valence-electron chi connectivity index (χ4n) is 3.26. The lowest BCUT2D eigenvalue weighted by molar-refractivity contribution is -0.136. The van der Waals surface area contributed by atoms with Gasteiger partial charge in [-0.25, -0.2) is 0 Å². The molecule has 6 heteroatoms. The van der Waals surface area contributed by atoms with Crippen molar-refractivity contribution in [3.63, 3.8) is 0 Å². The molecule has 0 spiro atoms. The van der Waals surface area contributed by atoms with E-state index in [2.05, 4.69) is 0 Å². The molecule has 1 unspecified atom stereocenters. The van der Waals surface area contributed by atoms with E-state index < -0.39 is 17.9 Å². The molecule has 1 aliphatic rings. The molecule has 6 nitrogen and oxygen atoms in total. The first-order valence-corrected chi connectivity index (χ1v) is 8.58. The molecule has 2 aromatic rings. The average Bonchev–Trinajstić information content (AvgIpc) is 3.11. The number of imide groups is 1. The standard InChI is InChI=1S/C20H22N2O4/c1-12(2)17(20(25)21(4)11-14-10-9-13(3)26-14)22-18(23)15-7-5-6-8-16(15)19(22)24/h5-10,12,17H,11H2,1-4H3.